The van der Waals surface area contributed by atoms with Crippen LogP contribution in [0, 0.1) is 38.4 Å². The highest BCUT2D eigenvalue weighted by molar-refractivity contribution is 5.81. The van der Waals surface area contributed by atoms with Gasteiger partial charge in [-0.2, -0.15) is 0 Å². The number of hydrogen-bond donors (Lipinski definition) is 4. The number of hydrogen-bond acceptors (Lipinski definition) is 18. The van der Waals surface area contributed by atoms with Crippen molar-refractivity contribution in [2.45, 2.75) is 395 Å². The number of phenolic OH excluding ortho intramolecular Hbond substituents is 4. The van der Waals surface area contributed by atoms with Gasteiger partial charge in [0.2, 0.25) is 0 Å². The monoisotopic (exact) mass is 1670 g/mol. The summed E-state index contributed by atoms with van der Waals surface area (Å²) in [6, 6.07) is 27.1. The Labute approximate surface area is 720 Å². The predicted octanol–water partition coefficient (Wildman–Crippen LogP) is 26.6. The Balaban J connectivity index is 0.00000135. The Hall–Kier alpha value is -7.89. The molecule has 0 bridgehead atoms. The Bertz CT molecular complexity index is 3430. The minimum atomic E-state index is -0.566. The number of ether oxygens (including phenoxy) is 7. The second-order valence-electron chi connectivity index (χ2n) is 37.5. The maximum absolute atomic E-state index is 12.3. The molecular weight excluding hydrogens is 1500 g/mol. The van der Waals surface area contributed by atoms with Crippen LogP contribution in [0.1, 0.15) is 384 Å². The summed E-state index contributed by atoms with van der Waals surface area (Å²) in [5.41, 5.74) is -1.33. The highest BCUT2D eigenvalue weighted by Crippen LogP contribution is 2.40. The van der Waals surface area contributed by atoms with Gasteiger partial charge in [-0.1, -0.05) is 152 Å². The van der Waals surface area contributed by atoms with Crippen molar-refractivity contribution in [1.82, 2.24) is 0 Å². The summed E-state index contributed by atoms with van der Waals surface area (Å²) in [6.45, 7) is 58.9. The lowest BCUT2D eigenvalue weighted by Gasteiger charge is -2.38. The zero-order valence-electron chi connectivity index (χ0n) is 79.4. The Morgan fingerprint density at radius 3 is 1.02 bits per heavy atom. The first-order valence-corrected chi connectivity index (χ1v) is 44.6. The van der Waals surface area contributed by atoms with Gasteiger partial charge in [0.15, 0.2) is 6.61 Å². The number of rotatable bonds is 28. The van der Waals surface area contributed by atoms with Gasteiger partial charge in [0.05, 0.1) is 32.5 Å². The average molecular weight is 1670 g/mol. The largest absolute Gasteiger partial charge is 0.508 e. The van der Waals surface area contributed by atoms with Gasteiger partial charge in [-0.25, -0.2) is 4.79 Å². The molecule has 2 unspecified atom stereocenters. The Morgan fingerprint density at radius 1 is 0.387 bits per heavy atom. The smallest absolute Gasteiger partial charge is 0.345 e. The van der Waals surface area contributed by atoms with E-state index in [1.165, 1.54) is 99.6 Å². The zero-order valence-corrected chi connectivity index (χ0v) is 79.4. The average Bonchev–Trinajstić information content (AvgIpc) is 1.30. The molecule has 4 aromatic rings. The number of esters is 7. The SMILES string of the molecule is C=CC1(OC(=O)COC(=O)C(C)(C)CC)CCCC1.CCC(C)(C)C(=O)OC(C)(C)C1CCCCC1.CCC(C)(C)C(=O)Oc1ccc(O)cc1.CCC(C)(C)C(=O)Oc1ccc(O)cc1.CCC(C)(C)OC(=O)C(C)(C)CC.CCC(C)c1ccc(O)cc1.CCC(C)c1ccc(O)cc1.CCC1(OC(=O)C(C)(C)CC)CCCCCCC1. The van der Waals surface area contributed by atoms with Gasteiger partial charge in [-0.15, -0.1) is 0 Å². The van der Waals surface area contributed by atoms with Crippen LogP contribution in [0.25, 0.3) is 0 Å². The fourth-order valence-electron chi connectivity index (χ4n) is 11.5. The molecule has 4 N–H and O–H groups in total. The van der Waals surface area contributed by atoms with E-state index >= 15 is 0 Å². The lowest BCUT2D eigenvalue weighted by atomic mass is 9.78. The van der Waals surface area contributed by atoms with Crippen LogP contribution in [-0.4, -0.2) is 91.2 Å². The fraction of sp³-hybridized carbons (Fsp3) is 0.673. The molecule has 0 saturated heterocycles. The molecule has 0 aliphatic heterocycles. The quantitative estimate of drug-likeness (QED) is 0.0178. The summed E-state index contributed by atoms with van der Waals surface area (Å²) in [4.78, 5) is 82.9. The van der Waals surface area contributed by atoms with Gasteiger partial charge in [-0.05, 0) is 347 Å². The fourth-order valence-corrected chi connectivity index (χ4v) is 11.5. The molecule has 676 valence electrons. The second kappa shape index (κ2) is 53.1. The van der Waals surface area contributed by atoms with Crippen LogP contribution >= 0.6 is 0 Å². The Kier molecular flexibility index (Phi) is 49.6. The van der Waals surface area contributed by atoms with Gasteiger partial charge < -0.3 is 53.6 Å². The molecular formula is C101H164O18. The maximum atomic E-state index is 12.3. The van der Waals surface area contributed by atoms with Crippen molar-refractivity contribution in [3.8, 4) is 34.5 Å². The standard InChI is InChI=1S/C16H30O2.C15H24O4.C15H28O2.2C12H16O3.C11H22O2.2C10H14O/c1-5-15(3,4)14(17)18-16(6-2)12-10-8-7-9-11-13-16;1-5-14(3,4)13(17)18-11-12(16)19-15(6-2)9-7-8-10-15;1-6-14(2,3)13(16)17-15(4,5)12-10-8-7-9-11-12;2*1-4-12(2,3)11(14)15-10-7-5-9(13)6-8-10;1-7-10(3,4)9(12)13-11(5,6)8-2;2*1-3-8(2)9-4-6-10(11)7-5-9/h5-13H2,1-4H3;6H,2,5,7-11H2,1,3-4H3;12H,6-11H2,1-5H3;2*5-8,13H,4H2,1-3H3;7-8H2,1-6H3;2*4-8,11H,3H2,1-2H3. The molecule has 0 heterocycles. The molecule has 2 atom stereocenters. The van der Waals surface area contributed by atoms with Crippen LogP contribution in [0.15, 0.2) is 110 Å². The second-order valence-corrected chi connectivity index (χ2v) is 37.5. The number of phenols is 4. The van der Waals surface area contributed by atoms with Crippen molar-refractivity contribution in [3.05, 3.63) is 121 Å². The molecule has 3 fully saturated rings. The molecule has 0 radical (unpaired) electrons. The predicted molar refractivity (Wildman–Crippen MR) is 483 cm³/mol. The number of benzene rings is 4. The number of carbonyl (C=O) groups is 7. The number of aromatic hydroxyl groups is 4. The van der Waals surface area contributed by atoms with Crippen LogP contribution in [0.4, 0.5) is 0 Å². The number of carbonyl (C=O) groups excluding carboxylic acids is 7. The van der Waals surface area contributed by atoms with Gasteiger partial charge in [-0.3, -0.25) is 28.8 Å². The van der Waals surface area contributed by atoms with Crippen LogP contribution in [0.5, 0.6) is 34.5 Å². The summed E-state index contributed by atoms with van der Waals surface area (Å²) in [6.07, 6.45) is 28.8. The van der Waals surface area contributed by atoms with Gasteiger partial charge in [0.25, 0.3) is 0 Å². The van der Waals surface area contributed by atoms with E-state index in [1.807, 2.05) is 149 Å². The topological polar surface area (TPSA) is 265 Å². The van der Waals surface area contributed by atoms with E-state index in [1.54, 1.807) is 68.5 Å². The summed E-state index contributed by atoms with van der Waals surface area (Å²) in [7, 11) is 0. The molecule has 119 heavy (non-hydrogen) atoms. The van der Waals surface area contributed by atoms with Crippen LogP contribution < -0.4 is 9.47 Å². The molecule has 0 spiro atoms. The van der Waals surface area contributed by atoms with E-state index in [2.05, 4.69) is 62.0 Å². The first kappa shape index (κ1) is 111. The molecule has 3 aliphatic rings. The molecule has 0 amide bonds. The van der Waals surface area contributed by atoms with Gasteiger partial charge in [0.1, 0.15) is 56.9 Å². The molecule has 3 saturated carbocycles. The van der Waals surface area contributed by atoms with E-state index < -0.39 is 27.8 Å². The third kappa shape index (κ3) is 42.0. The third-order valence-electron chi connectivity index (χ3n) is 24.7. The molecule has 3 aliphatic carbocycles. The third-order valence-corrected chi connectivity index (χ3v) is 24.7. The van der Waals surface area contributed by atoms with E-state index in [4.69, 9.17) is 53.6 Å². The lowest BCUT2D eigenvalue weighted by Crippen LogP contribution is -2.41. The first-order valence-electron chi connectivity index (χ1n) is 44.6. The van der Waals surface area contributed by atoms with Crippen LogP contribution in [-0.2, 0) is 57.2 Å². The Morgan fingerprint density at radius 2 is 0.689 bits per heavy atom. The minimum Gasteiger partial charge on any atom is -0.508 e. The van der Waals surface area contributed by atoms with E-state index in [9.17, 15) is 33.6 Å². The first-order chi connectivity index (χ1) is 55.2. The summed E-state index contributed by atoms with van der Waals surface area (Å²) < 4.78 is 38.0. The minimum absolute atomic E-state index is 0.00702. The van der Waals surface area contributed by atoms with Crippen molar-refractivity contribution in [3.63, 3.8) is 0 Å². The van der Waals surface area contributed by atoms with Crippen molar-refractivity contribution in [2.24, 2.45) is 38.4 Å². The van der Waals surface area contributed by atoms with Crippen molar-refractivity contribution < 1.29 is 87.1 Å². The van der Waals surface area contributed by atoms with Crippen molar-refractivity contribution >= 4 is 41.8 Å². The molecule has 0 aromatic heterocycles. The van der Waals surface area contributed by atoms with Crippen molar-refractivity contribution in [2.75, 3.05) is 6.61 Å². The molecule has 18 heteroatoms. The van der Waals surface area contributed by atoms with Gasteiger partial charge in [0, 0.05) is 0 Å². The molecule has 7 rings (SSSR count). The van der Waals surface area contributed by atoms with E-state index in [-0.39, 0.29) is 87.0 Å². The molecule has 4 aromatic carbocycles. The maximum Gasteiger partial charge on any atom is 0.345 e. The summed E-state index contributed by atoms with van der Waals surface area (Å²) >= 11 is 0. The lowest BCUT2D eigenvalue weighted by molar-refractivity contribution is -0.174. The zero-order chi connectivity index (χ0) is 91.5. The van der Waals surface area contributed by atoms with Crippen LogP contribution in [0.2, 0.25) is 0 Å². The van der Waals surface area contributed by atoms with Gasteiger partial charge >= 0.3 is 41.8 Å². The molecule has 18 nitrogen and oxygen atoms in total. The highest BCUT2D eigenvalue weighted by atomic mass is 16.6. The summed E-state index contributed by atoms with van der Waals surface area (Å²) in [5, 5.41) is 36.1. The summed E-state index contributed by atoms with van der Waals surface area (Å²) in [5.74, 6) is 2.12. The van der Waals surface area contributed by atoms with Crippen molar-refractivity contribution in [1.29, 1.82) is 0 Å². The highest BCUT2D eigenvalue weighted by Gasteiger charge is 2.41. The van der Waals surface area contributed by atoms with E-state index in [0.29, 0.717) is 47.2 Å². The van der Waals surface area contributed by atoms with Crippen LogP contribution in [0.3, 0.4) is 0 Å². The normalized spacial score (nSPS) is 15.3. The van der Waals surface area contributed by atoms with E-state index in [0.717, 1.165) is 96.3 Å².